The summed E-state index contributed by atoms with van der Waals surface area (Å²) in [6, 6.07) is 0. The maximum absolute atomic E-state index is 12.4. The molecule has 0 unspecified atom stereocenters. The van der Waals surface area contributed by atoms with Crippen LogP contribution in [0.1, 0.15) is 17.7 Å². The van der Waals surface area contributed by atoms with E-state index in [1.165, 1.54) is 0 Å². The van der Waals surface area contributed by atoms with Crippen LogP contribution in [0.15, 0.2) is 6.20 Å². The number of nitro groups is 1. The van der Waals surface area contributed by atoms with Crippen molar-refractivity contribution in [2.24, 2.45) is 0 Å². The number of alkyl halides is 3. The van der Waals surface area contributed by atoms with E-state index in [2.05, 4.69) is 4.98 Å². The first-order valence-electron chi connectivity index (χ1n) is 3.64. The van der Waals surface area contributed by atoms with Crippen molar-refractivity contribution < 1.29 is 13.7 Å². The van der Waals surface area contributed by atoms with Crippen molar-refractivity contribution in [3.63, 3.8) is 0 Å². The molecule has 15 heavy (non-hydrogen) atoms. The fourth-order valence-corrected chi connectivity index (χ4v) is 2.27. The van der Waals surface area contributed by atoms with E-state index in [0.29, 0.717) is 0 Å². The van der Waals surface area contributed by atoms with Crippen LogP contribution in [0.3, 0.4) is 0 Å². The maximum Gasteiger partial charge on any atom is 0.301 e. The average molecular weight is 348 g/mol. The lowest BCUT2D eigenvalue weighted by atomic mass is 10.2. The summed E-state index contributed by atoms with van der Waals surface area (Å²) in [5.41, 5.74) is -0.794. The van der Waals surface area contributed by atoms with Gasteiger partial charge in [0.05, 0.1) is 14.4 Å². The second kappa shape index (κ2) is 4.97. The van der Waals surface area contributed by atoms with Gasteiger partial charge in [-0.1, -0.05) is 0 Å². The van der Waals surface area contributed by atoms with E-state index < -0.39 is 17.0 Å². The number of rotatable bonds is 3. The summed E-state index contributed by atoms with van der Waals surface area (Å²) >= 11 is 7.07. The smallest absolute Gasteiger partial charge is 0.258 e. The van der Waals surface area contributed by atoms with E-state index >= 15 is 0 Å². The summed E-state index contributed by atoms with van der Waals surface area (Å²) in [5, 5.41) is 10.5. The Balaban J connectivity index is 3.39. The van der Waals surface area contributed by atoms with Crippen molar-refractivity contribution in [1.29, 1.82) is 0 Å². The van der Waals surface area contributed by atoms with Gasteiger partial charge in [0.25, 0.3) is 6.43 Å². The number of nitrogens with zero attached hydrogens (tertiary/aromatic N) is 2. The van der Waals surface area contributed by atoms with Gasteiger partial charge < -0.3 is 0 Å². The average Bonchev–Trinajstić information content (AvgIpc) is 2.16. The fourth-order valence-electron chi connectivity index (χ4n) is 0.975. The second-order valence-electron chi connectivity index (χ2n) is 2.51. The Morgan fingerprint density at radius 1 is 1.67 bits per heavy atom. The van der Waals surface area contributed by atoms with Crippen LogP contribution in [-0.2, 0) is 5.88 Å². The van der Waals surface area contributed by atoms with Gasteiger partial charge in [-0.2, -0.15) is 0 Å². The van der Waals surface area contributed by atoms with Crippen LogP contribution < -0.4 is 0 Å². The van der Waals surface area contributed by atoms with Crippen molar-refractivity contribution in [2.75, 3.05) is 0 Å². The van der Waals surface area contributed by atoms with Gasteiger partial charge in [-0.25, -0.2) is 13.8 Å². The summed E-state index contributed by atoms with van der Waals surface area (Å²) in [7, 11) is 0. The van der Waals surface area contributed by atoms with Gasteiger partial charge in [0.15, 0.2) is 0 Å². The van der Waals surface area contributed by atoms with E-state index in [-0.39, 0.29) is 20.7 Å². The summed E-state index contributed by atoms with van der Waals surface area (Å²) in [6.45, 7) is 0. The van der Waals surface area contributed by atoms with Crippen molar-refractivity contribution in [1.82, 2.24) is 4.98 Å². The summed E-state index contributed by atoms with van der Waals surface area (Å²) in [6.07, 6.45) is -1.97. The molecule has 1 aromatic heterocycles. The molecular formula is C7H4ClF2IN2O2. The van der Waals surface area contributed by atoms with Gasteiger partial charge >= 0.3 is 5.69 Å². The van der Waals surface area contributed by atoms with Crippen LogP contribution in [0.25, 0.3) is 0 Å². The fraction of sp³-hybridized carbons (Fsp3) is 0.286. The third-order valence-corrected chi connectivity index (χ3v) is 3.13. The lowest BCUT2D eigenvalue weighted by molar-refractivity contribution is -0.386. The molecule has 0 aliphatic carbocycles. The highest BCUT2D eigenvalue weighted by atomic mass is 127. The number of hydrogen-bond donors (Lipinski definition) is 0. The van der Waals surface area contributed by atoms with Gasteiger partial charge in [0.1, 0.15) is 11.9 Å². The topological polar surface area (TPSA) is 56.0 Å². The van der Waals surface area contributed by atoms with Gasteiger partial charge in [-0.05, 0) is 22.6 Å². The van der Waals surface area contributed by atoms with E-state index in [9.17, 15) is 18.9 Å². The minimum absolute atomic E-state index is 0.0152. The van der Waals surface area contributed by atoms with E-state index in [4.69, 9.17) is 11.6 Å². The lowest BCUT2D eigenvalue weighted by Gasteiger charge is -2.07. The summed E-state index contributed by atoms with van der Waals surface area (Å²) < 4.78 is 25.0. The molecule has 1 heterocycles. The number of pyridine rings is 1. The molecule has 0 aromatic carbocycles. The van der Waals surface area contributed by atoms with Crippen LogP contribution in [0.2, 0.25) is 0 Å². The first-order chi connectivity index (χ1) is 6.99. The molecule has 0 radical (unpaired) electrons. The molecule has 0 spiro atoms. The summed E-state index contributed by atoms with van der Waals surface area (Å²) in [5.74, 6) is -0.230. The predicted octanol–water partition coefficient (Wildman–Crippen LogP) is 3.27. The third-order valence-electron chi connectivity index (χ3n) is 1.66. The molecule has 0 bridgehead atoms. The van der Waals surface area contributed by atoms with Crippen LogP contribution >= 0.6 is 34.2 Å². The molecule has 0 atom stereocenters. The SMILES string of the molecule is O=[N+]([O-])c1cnc(C(F)F)c(CCl)c1I. The monoisotopic (exact) mass is 348 g/mol. The molecule has 1 aromatic rings. The molecule has 0 saturated heterocycles. The first-order valence-corrected chi connectivity index (χ1v) is 5.26. The standard InChI is InChI=1S/C7H4ClF2IN2O2/c8-1-3-5(11)4(13(14)15)2-12-6(3)7(9)10/h2,7H,1H2. The number of halogens is 4. The van der Waals surface area contributed by atoms with Gasteiger partial charge in [-0.15, -0.1) is 11.6 Å². The third kappa shape index (κ3) is 2.51. The predicted molar refractivity (Wildman–Crippen MR) is 58.1 cm³/mol. The highest BCUT2D eigenvalue weighted by molar-refractivity contribution is 14.1. The normalized spacial score (nSPS) is 10.7. The molecule has 0 fully saturated rings. The van der Waals surface area contributed by atoms with Crippen molar-refractivity contribution in [3.05, 3.63) is 31.1 Å². The molecule has 0 amide bonds. The quantitative estimate of drug-likeness (QED) is 0.365. The highest BCUT2D eigenvalue weighted by Gasteiger charge is 2.23. The lowest BCUT2D eigenvalue weighted by Crippen LogP contribution is -2.03. The summed E-state index contributed by atoms with van der Waals surface area (Å²) in [4.78, 5) is 13.2. The van der Waals surface area contributed by atoms with Gasteiger partial charge in [0.2, 0.25) is 0 Å². The molecule has 0 aliphatic heterocycles. The van der Waals surface area contributed by atoms with Crippen LogP contribution in [-0.4, -0.2) is 9.91 Å². The van der Waals surface area contributed by atoms with Crippen LogP contribution in [0, 0.1) is 13.7 Å². The maximum atomic E-state index is 12.4. The minimum atomic E-state index is -2.78. The molecule has 4 nitrogen and oxygen atoms in total. The largest absolute Gasteiger partial charge is 0.301 e. The van der Waals surface area contributed by atoms with E-state index in [0.717, 1.165) is 6.20 Å². The van der Waals surface area contributed by atoms with E-state index in [1.54, 1.807) is 22.6 Å². The van der Waals surface area contributed by atoms with Crippen molar-refractivity contribution in [2.45, 2.75) is 12.3 Å². The Kier molecular flexibility index (Phi) is 4.14. The molecule has 0 saturated carbocycles. The molecular weight excluding hydrogens is 344 g/mol. The zero-order chi connectivity index (χ0) is 11.6. The second-order valence-corrected chi connectivity index (χ2v) is 3.86. The Morgan fingerprint density at radius 3 is 2.67 bits per heavy atom. The highest BCUT2D eigenvalue weighted by Crippen LogP contribution is 2.31. The number of hydrogen-bond acceptors (Lipinski definition) is 3. The molecule has 0 N–H and O–H groups in total. The van der Waals surface area contributed by atoms with Gasteiger partial charge in [0, 0.05) is 5.56 Å². The van der Waals surface area contributed by atoms with Crippen molar-refractivity contribution >= 4 is 39.9 Å². The Morgan fingerprint density at radius 2 is 2.27 bits per heavy atom. The molecule has 8 heteroatoms. The zero-order valence-electron chi connectivity index (χ0n) is 7.08. The van der Waals surface area contributed by atoms with Gasteiger partial charge in [-0.3, -0.25) is 10.1 Å². The Labute approximate surface area is 102 Å². The van der Waals surface area contributed by atoms with Crippen LogP contribution in [0.4, 0.5) is 14.5 Å². The zero-order valence-corrected chi connectivity index (χ0v) is 10.00. The minimum Gasteiger partial charge on any atom is -0.258 e. The van der Waals surface area contributed by atoms with Crippen molar-refractivity contribution in [3.8, 4) is 0 Å². The molecule has 82 valence electrons. The van der Waals surface area contributed by atoms with E-state index in [1.807, 2.05) is 0 Å². The number of aromatic nitrogens is 1. The first kappa shape index (κ1) is 12.5. The molecule has 0 aliphatic rings. The Hall–Kier alpha value is -0.570. The van der Waals surface area contributed by atoms with Crippen LogP contribution in [0.5, 0.6) is 0 Å². The Bertz CT molecular complexity index is 403. The molecule has 1 rings (SSSR count).